The van der Waals surface area contributed by atoms with Crippen LogP contribution in [0.5, 0.6) is 0 Å². The van der Waals surface area contributed by atoms with Gasteiger partial charge in [-0.3, -0.25) is 4.79 Å². The summed E-state index contributed by atoms with van der Waals surface area (Å²) in [7, 11) is 0. The van der Waals surface area contributed by atoms with Crippen molar-refractivity contribution in [3.8, 4) is 22.4 Å². The van der Waals surface area contributed by atoms with Crippen LogP contribution in [0.2, 0.25) is 0 Å². The number of nitrogens with one attached hydrogen (secondary N) is 1. The van der Waals surface area contributed by atoms with Crippen LogP contribution in [0, 0.1) is 0 Å². The third kappa shape index (κ3) is 5.64. The summed E-state index contributed by atoms with van der Waals surface area (Å²) in [5.74, 6) is -0.616. The average molecular weight is 456 g/mol. The highest BCUT2D eigenvalue weighted by Crippen LogP contribution is 2.32. The maximum absolute atomic E-state index is 13.4. The Kier molecular flexibility index (Phi) is 9.62. The normalized spacial score (nSPS) is 10.6. The SMILES string of the molecule is CCOC(=O)c1c(-c2ccccc2)c(-c2ccccc2)nn(CC[NH+](CC)CC)c1=O.[Cl-]. The van der Waals surface area contributed by atoms with Crippen molar-refractivity contribution in [1.29, 1.82) is 0 Å². The second-order valence-corrected chi connectivity index (χ2v) is 7.29. The number of esters is 1. The van der Waals surface area contributed by atoms with E-state index in [2.05, 4.69) is 13.8 Å². The second kappa shape index (κ2) is 12.2. The molecule has 1 aromatic heterocycles. The number of likely N-dealkylation sites (N-methyl/N-ethyl adjacent to an activating group) is 1. The van der Waals surface area contributed by atoms with Gasteiger partial charge in [0.2, 0.25) is 0 Å². The molecule has 0 fully saturated rings. The van der Waals surface area contributed by atoms with Crippen molar-refractivity contribution >= 4 is 5.97 Å². The first-order chi connectivity index (χ1) is 15.1. The van der Waals surface area contributed by atoms with E-state index >= 15 is 0 Å². The number of rotatable bonds is 9. The molecule has 0 saturated heterocycles. The lowest BCUT2D eigenvalue weighted by Crippen LogP contribution is -3.11. The molecular formula is C25H30ClN3O3. The van der Waals surface area contributed by atoms with Crippen molar-refractivity contribution in [3.05, 3.63) is 76.6 Å². The van der Waals surface area contributed by atoms with E-state index in [1.165, 1.54) is 9.58 Å². The molecule has 3 rings (SSSR count). The van der Waals surface area contributed by atoms with Crippen LogP contribution in [-0.2, 0) is 11.3 Å². The van der Waals surface area contributed by atoms with E-state index < -0.39 is 11.5 Å². The minimum atomic E-state index is -0.616. The van der Waals surface area contributed by atoms with Gasteiger partial charge in [0.05, 0.1) is 38.5 Å². The predicted molar refractivity (Wildman–Crippen MR) is 122 cm³/mol. The Morgan fingerprint density at radius 3 is 2.03 bits per heavy atom. The number of carbonyl (C=O) groups excluding carboxylic acids is 1. The zero-order chi connectivity index (χ0) is 22.2. The molecule has 0 aliphatic heterocycles. The van der Waals surface area contributed by atoms with E-state index in [1.54, 1.807) is 6.92 Å². The van der Waals surface area contributed by atoms with Crippen molar-refractivity contribution in [1.82, 2.24) is 9.78 Å². The molecule has 1 heterocycles. The standard InChI is InChI=1S/C25H29N3O3.ClH/c1-4-27(5-2)17-18-28-24(29)22(25(30)31-6-3)21(19-13-9-7-10-14-19)23(26-28)20-15-11-8-12-16-20;/h7-16H,4-6,17-18H2,1-3H3;1H. The van der Waals surface area contributed by atoms with Crippen molar-refractivity contribution in [2.24, 2.45) is 0 Å². The summed E-state index contributed by atoms with van der Waals surface area (Å²) >= 11 is 0. The third-order valence-electron chi connectivity index (χ3n) is 5.42. The Labute approximate surface area is 195 Å². The maximum Gasteiger partial charge on any atom is 0.344 e. The van der Waals surface area contributed by atoms with E-state index in [1.807, 2.05) is 60.7 Å². The minimum Gasteiger partial charge on any atom is -1.00 e. The molecule has 32 heavy (non-hydrogen) atoms. The van der Waals surface area contributed by atoms with E-state index in [4.69, 9.17) is 9.84 Å². The van der Waals surface area contributed by atoms with Gasteiger partial charge in [0, 0.05) is 11.1 Å². The lowest BCUT2D eigenvalue weighted by molar-refractivity contribution is -0.897. The van der Waals surface area contributed by atoms with Gasteiger partial charge in [-0.05, 0) is 26.3 Å². The van der Waals surface area contributed by atoms with Gasteiger partial charge >= 0.3 is 5.97 Å². The molecule has 3 aromatic rings. The quantitative estimate of drug-likeness (QED) is 0.449. The third-order valence-corrected chi connectivity index (χ3v) is 5.42. The molecular weight excluding hydrogens is 426 g/mol. The number of hydrogen-bond donors (Lipinski definition) is 1. The molecule has 0 aliphatic carbocycles. The predicted octanol–water partition coefficient (Wildman–Crippen LogP) is -0.317. The first kappa shape index (κ1) is 25.3. The first-order valence-electron chi connectivity index (χ1n) is 10.9. The van der Waals surface area contributed by atoms with E-state index in [0.29, 0.717) is 17.8 Å². The molecule has 0 atom stereocenters. The highest BCUT2D eigenvalue weighted by molar-refractivity contribution is 6.00. The lowest BCUT2D eigenvalue weighted by Gasteiger charge is -2.19. The van der Waals surface area contributed by atoms with Crippen LogP contribution >= 0.6 is 0 Å². The number of aromatic nitrogens is 2. The monoisotopic (exact) mass is 455 g/mol. The number of hydrogen-bond acceptors (Lipinski definition) is 4. The molecule has 0 bridgehead atoms. The molecule has 1 N–H and O–H groups in total. The number of benzene rings is 2. The van der Waals surface area contributed by atoms with Gasteiger partial charge in [-0.15, -0.1) is 0 Å². The van der Waals surface area contributed by atoms with Crippen LogP contribution in [0.1, 0.15) is 31.1 Å². The highest BCUT2D eigenvalue weighted by atomic mass is 35.5. The van der Waals surface area contributed by atoms with E-state index in [-0.39, 0.29) is 24.6 Å². The molecule has 0 saturated carbocycles. The van der Waals surface area contributed by atoms with Crippen molar-refractivity contribution in [2.75, 3.05) is 26.2 Å². The van der Waals surface area contributed by atoms with Gasteiger partial charge in [-0.25, -0.2) is 9.48 Å². The molecule has 7 heteroatoms. The maximum atomic E-state index is 13.4. The van der Waals surface area contributed by atoms with Crippen LogP contribution in [0.4, 0.5) is 0 Å². The molecule has 170 valence electrons. The minimum absolute atomic E-state index is 0. The number of quaternary nitrogens is 1. The number of carbonyl (C=O) groups is 1. The Morgan fingerprint density at radius 1 is 0.938 bits per heavy atom. The average Bonchev–Trinajstić information content (AvgIpc) is 2.81. The Balaban J connectivity index is 0.00000363. The summed E-state index contributed by atoms with van der Waals surface area (Å²) in [4.78, 5) is 27.8. The topological polar surface area (TPSA) is 65.6 Å². The smallest absolute Gasteiger partial charge is 0.344 e. The fourth-order valence-corrected chi connectivity index (χ4v) is 3.67. The molecule has 0 amide bonds. The largest absolute Gasteiger partial charge is 1.00 e. The van der Waals surface area contributed by atoms with Gasteiger partial charge in [0.15, 0.2) is 0 Å². The van der Waals surface area contributed by atoms with Crippen LogP contribution in [-0.4, -0.2) is 42.0 Å². The van der Waals surface area contributed by atoms with Crippen molar-refractivity contribution in [3.63, 3.8) is 0 Å². The van der Waals surface area contributed by atoms with Gasteiger partial charge in [-0.1, -0.05) is 60.7 Å². The van der Waals surface area contributed by atoms with Crippen molar-refractivity contribution < 1.29 is 26.8 Å². The Morgan fingerprint density at radius 2 is 1.50 bits per heavy atom. The van der Waals surface area contributed by atoms with E-state index in [9.17, 15) is 9.59 Å². The number of ether oxygens (including phenoxy) is 1. The number of nitrogens with zero attached hydrogens (tertiary/aromatic N) is 2. The van der Waals surface area contributed by atoms with Crippen LogP contribution in [0.25, 0.3) is 22.4 Å². The van der Waals surface area contributed by atoms with Gasteiger partial charge in [0.1, 0.15) is 5.56 Å². The fourth-order valence-electron chi connectivity index (χ4n) is 3.67. The Bertz CT molecular complexity index is 1070. The summed E-state index contributed by atoms with van der Waals surface area (Å²) in [6, 6.07) is 19.1. The molecule has 0 radical (unpaired) electrons. The zero-order valence-electron chi connectivity index (χ0n) is 18.8. The van der Waals surface area contributed by atoms with Crippen LogP contribution in [0.3, 0.4) is 0 Å². The molecule has 0 aliphatic rings. The van der Waals surface area contributed by atoms with Gasteiger partial charge in [0.25, 0.3) is 5.56 Å². The molecule has 2 aromatic carbocycles. The first-order valence-corrected chi connectivity index (χ1v) is 10.9. The molecule has 0 spiro atoms. The van der Waals surface area contributed by atoms with Crippen LogP contribution < -0.4 is 22.9 Å². The highest BCUT2D eigenvalue weighted by Gasteiger charge is 2.26. The molecule has 6 nitrogen and oxygen atoms in total. The number of halogens is 1. The van der Waals surface area contributed by atoms with Crippen molar-refractivity contribution in [2.45, 2.75) is 27.3 Å². The summed E-state index contributed by atoms with van der Waals surface area (Å²) in [5, 5.41) is 4.75. The van der Waals surface area contributed by atoms with Gasteiger partial charge in [-0.2, -0.15) is 5.10 Å². The van der Waals surface area contributed by atoms with Gasteiger partial charge < -0.3 is 22.0 Å². The Hall–Kier alpha value is -2.96. The fraction of sp³-hybridized carbons (Fsp3) is 0.320. The summed E-state index contributed by atoms with van der Waals surface area (Å²) in [6.07, 6.45) is 0. The second-order valence-electron chi connectivity index (χ2n) is 7.29. The molecule has 0 unspecified atom stereocenters. The summed E-state index contributed by atoms with van der Waals surface area (Å²) < 4.78 is 6.72. The van der Waals surface area contributed by atoms with Crippen LogP contribution in [0.15, 0.2) is 65.5 Å². The zero-order valence-corrected chi connectivity index (χ0v) is 19.6. The lowest BCUT2D eigenvalue weighted by atomic mass is 9.95. The summed E-state index contributed by atoms with van der Waals surface area (Å²) in [5.41, 5.74) is 2.34. The van der Waals surface area contributed by atoms with E-state index in [0.717, 1.165) is 30.8 Å². The summed E-state index contributed by atoms with van der Waals surface area (Å²) in [6.45, 7) is 9.27.